The maximum absolute atomic E-state index is 12.1. The van der Waals surface area contributed by atoms with E-state index in [1.807, 2.05) is 35.2 Å². The van der Waals surface area contributed by atoms with Crippen LogP contribution in [0.3, 0.4) is 0 Å². The van der Waals surface area contributed by atoms with Gasteiger partial charge in [0, 0.05) is 26.2 Å². The molecule has 0 saturated carbocycles. The summed E-state index contributed by atoms with van der Waals surface area (Å²) in [5.74, 6) is 0.878. The van der Waals surface area contributed by atoms with Gasteiger partial charge in [-0.25, -0.2) is 0 Å². The number of benzene rings is 1. The van der Waals surface area contributed by atoms with Crippen molar-refractivity contribution >= 4 is 5.91 Å². The van der Waals surface area contributed by atoms with Crippen molar-refractivity contribution in [3.63, 3.8) is 0 Å². The first-order chi connectivity index (χ1) is 9.77. The Morgan fingerprint density at radius 3 is 2.65 bits per heavy atom. The number of ether oxygens (including phenoxy) is 2. The summed E-state index contributed by atoms with van der Waals surface area (Å²) in [6.45, 7) is 5.88. The van der Waals surface area contributed by atoms with Crippen molar-refractivity contribution < 1.29 is 14.3 Å². The van der Waals surface area contributed by atoms with Crippen molar-refractivity contribution in [1.29, 1.82) is 0 Å². The van der Waals surface area contributed by atoms with Crippen LogP contribution in [0.4, 0.5) is 0 Å². The lowest BCUT2D eigenvalue weighted by molar-refractivity contribution is -0.143. The summed E-state index contributed by atoms with van der Waals surface area (Å²) in [5, 5.41) is 3.22. The van der Waals surface area contributed by atoms with E-state index in [2.05, 4.69) is 5.32 Å². The molecule has 5 nitrogen and oxygen atoms in total. The summed E-state index contributed by atoms with van der Waals surface area (Å²) in [6, 6.07) is 9.58. The van der Waals surface area contributed by atoms with Crippen LogP contribution in [-0.2, 0) is 9.53 Å². The Hall–Kier alpha value is -1.59. The highest BCUT2D eigenvalue weighted by molar-refractivity contribution is 5.80. The monoisotopic (exact) mass is 278 g/mol. The normalized spacial score (nSPS) is 16.8. The number of nitrogens with one attached hydrogen (secondary N) is 1. The summed E-state index contributed by atoms with van der Waals surface area (Å²) in [6.07, 6.45) is -0.410. The molecule has 20 heavy (non-hydrogen) atoms. The number of carbonyl (C=O) groups excluding carboxylic acids is 1. The van der Waals surface area contributed by atoms with Crippen LogP contribution in [0.25, 0.3) is 0 Å². The summed E-state index contributed by atoms with van der Waals surface area (Å²) in [4.78, 5) is 13.9. The predicted octanol–water partition coefficient (Wildman–Crippen LogP) is 0.902. The minimum atomic E-state index is -0.410. The first-order valence-corrected chi connectivity index (χ1v) is 7.06. The van der Waals surface area contributed by atoms with Gasteiger partial charge in [0.25, 0.3) is 5.91 Å². The third-order valence-corrected chi connectivity index (χ3v) is 3.24. The van der Waals surface area contributed by atoms with Crippen molar-refractivity contribution in [2.24, 2.45) is 0 Å². The first-order valence-electron chi connectivity index (χ1n) is 7.06. The van der Waals surface area contributed by atoms with Crippen LogP contribution < -0.4 is 10.1 Å². The lowest BCUT2D eigenvalue weighted by atomic mass is 10.3. The topological polar surface area (TPSA) is 50.8 Å². The second-order valence-corrected chi connectivity index (χ2v) is 4.75. The van der Waals surface area contributed by atoms with Gasteiger partial charge in [0.2, 0.25) is 0 Å². The third kappa shape index (κ3) is 4.51. The maximum atomic E-state index is 12.1. The molecule has 1 aliphatic heterocycles. The van der Waals surface area contributed by atoms with Crippen LogP contribution in [0.2, 0.25) is 0 Å². The highest BCUT2D eigenvalue weighted by Gasteiger charge is 2.22. The molecular formula is C15H22N2O3. The molecule has 1 fully saturated rings. The Kier molecular flexibility index (Phi) is 5.83. The number of carbonyl (C=O) groups is 1. The molecule has 1 unspecified atom stereocenters. The second-order valence-electron chi connectivity index (χ2n) is 4.75. The van der Waals surface area contributed by atoms with Crippen LogP contribution in [0.1, 0.15) is 6.92 Å². The van der Waals surface area contributed by atoms with E-state index in [9.17, 15) is 4.79 Å². The molecule has 1 N–H and O–H groups in total. The lowest BCUT2D eigenvalue weighted by Crippen LogP contribution is -2.49. The minimum Gasteiger partial charge on any atom is -0.491 e. The zero-order valence-electron chi connectivity index (χ0n) is 11.9. The van der Waals surface area contributed by atoms with Gasteiger partial charge in [-0.3, -0.25) is 4.79 Å². The molecule has 1 aliphatic rings. The Morgan fingerprint density at radius 2 is 1.95 bits per heavy atom. The highest BCUT2D eigenvalue weighted by atomic mass is 16.5. The molecular weight excluding hydrogens is 256 g/mol. The molecule has 1 aromatic rings. The number of para-hydroxylation sites is 1. The average molecular weight is 278 g/mol. The molecule has 0 radical (unpaired) electrons. The van der Waals surface area contributed by atoms with Gasteiger partial charge in [-0.05, 0) is 19.1 Å². The second kappa shape index (κ2) is 7.87. The highest BCUT2D eigenvalue weighted by Crippen LogP contribution is 2.08. The summed E-state index contributed by atoms with van der Waals surface area (Å²) in [7, 11) is 0. The Labute approximate surface area is 119 Å². The number of nitrogens with zero attached hydrogens (tertiary/aromatic N) is 1. The lowest BCUT2D eigenvalue weighted by Gasteiger charge is -2.29. The van der Waals surface area contributed by atoms with Gasteiger partial charge in [-0.2, -0.15) is 0 Å². The Morgan fingerprint density at radius 1 is 1.25 bits per heavy atom. The smallest absolute Gasteiger partial charge is 0.251 e. The number of rotatable bonds is 6. The van der Waals surface area contributed by atoms with Crippen molar-refractivity contribution in [2.45, 2.75) is 13.0 Å². The van der Waals surface area contributed by atoms with E-state index in [1.54, 1.807) is 6.92 Å². The average Bonchev–Trinajstić information content (AvgIpc) is 2.52. The fourth-order valence-corrected chi connectivity index (χ4v) is 2.11. The van der Waals surface area contributed by atoms with Crippen LogP contribution in [0, 0.1) is 0 Å². The van der Waals surface area contributed by atoms with E-state index in [0.29, 0.717) is 13.2 Å². The largest absolute Gasteiger partial charge is 0.491 e. The van der Waals surface area contributed by atoms with Crippen LogP contribution in [0.15, 0.2) is 30.3 Å². The molecule has 0 aromatic heterocycles. The van der Waals surface area contributed by atoms with Gasteiger partial charge in [0.1, 0.15) is 18.5 Å². The van der Waals surface area contributed by atoms with Gasteiger partial charge in [0.15, 0.2) is 0 Å². The van der Waals surface area contributed by atoms with Gasteiger partial charge < -0.3 is 19.7 Å². The molecule has 0 spiro atoms. The zero-order valence-corrected chi connectivity index (χ0v) is 11.9. The summed E-state index contributed by atoms with van der Waals surface area (Å²) in [5.41, 5.74) is 0. The summed E-state index contributed by atoms with van der Waals surface area (Å²) < 4.78 is 11.1. The predicted molar refractivity (Wildman–Crippen MR) is 76.8 cm³/mol. The van der Waals surface area contributed by atoms with E-state index in [0.717, 1.165) is 31.9 Å². The molecule has 5 heteroatoms. The van der Waals surface area contributed by atoms with Crippen LogP contribution >= 0.6 is 0 Å². The van der Waals surface area contributed by atoms with E-state index in [-0.39, 0.29) is 5.91 Å². The quantitative estimate of drug-likeness (QED) is 0.786. The minimum absolute atomic E-state index is 0.0613. The number of hydrogen-bond donors (Lipinski definition) is 1. The van der Waals surface area contributed by atoms with E-state index in [1.165, 1.54) is 0 Å². The summed E-state index contributed by atoms with van der Waals surface area (Å²) >= 11 is 0. The fourth-order valence-electron chi connectivity index (χ4n) is 2.11. The Balaban J connectivity index is 1.64. The zero-order chi connectivity index (χ0) is 14.2. The molecule has 1 heterocycles. The van der Waals surface area contributed by atoms with Gasteiger partial charge in [-0.15, -0.1) is 0 Å². The molecule has 1 amide bonds. The first kappa shape index (κ1) is 14.8. The molecule has 110 valence electrons. The van der Waals surface area contributed by atoms with E-state index >= 15 is 0 Å². The van der Waals surface area contributed by atoms with Crippen molar-refractivity contribution in [3.8, 4) is 5.75 Å². The number of amides is 1. The van der Waals surface area contributed by atoms with Crippen molar-refractivity contribution in [1.82, 2.24) is 10.2 Å². The number of piperazine rings is 1. The maximum Gasteiger partial charge on any atom is 0.251 e. The molecule has 1 saturated heterocycles. The third-order valence-electron chi connectivity index (χ3n) is 3.24. The van der Waals surface area contributed by atoms with Gasteiger partial charge in [0.05, 0.1) is 6.61 Å². The molecule has 0 bridgehead atoms. The van der Waals surface area contributed by atoms with Gasteiger partial charge >= 0.3 is 0 Å². The van der Waals surface area contributed by atoms with Crippen molar-refractivity contribution in [2.75, 3.05) is 39.4 Å². The fraction of sp³-hybridized carbons (Fsp3) is 0.533. The molecule has 1 atom stereocenters. The van der Waals surface area contributed by atoms with Crippen molar-refractivity contribution in [3.05, 3.63) is 30.3 Å². The van der Waals surface area contributed by atoms with Gasteiger partial charge in [-0.1, -0.05) is 18.2 Å². The SMILES string of the molecule is CC(OCCOc1ccccc1)C(=O)N1CCNCC1. The van der Waals surface area contributed by atoms with E-state index < -0.39 is 6.10 Å². The molecule has 1 aromatic carbocycles. The Bertz CT molecular complexity index is 405. The standard InChI is InChI=1S/C15H22N2O3/c1-13(15(18)17-9-7-16-8-10-17)19-11-12-20-14-5-3-2-4-6-14/h2-6,13,16H,7-12H2,1H3. The van der Waals surface area contributed by atoms with E-state index in [4.69, 9.17) is 9.47 Å². The molecule has 2 rings (SSSR count). The van der Waals surface area contributed by atoms with Crippen LogP contribution in [0.5, 0.6) is 5.75 Å². The van der Waals surface area contributed by atoms with Crippen LogP contribution in [-0.4, -0.2) is 56.3 Å². The molecule has 0 aliphatic carbocycles. The number of hydrogen-bond acceptors (Lipinski definition) is 4.